The van der Waals surface area contributed by atoms with Gasteiger partial charge < -0.3 is 15.2 Å². The Labute approximate surface area is 127 Å². The molecule has 1 unspecified atom stereocenters. The van der Waals surface area contributed by atoms with Gasteiger partial charge in [0, 0.05) is 6.54 Å². The molecular weight excluding hydrogens is 292 g/mol. The number of thioether (sulfide) groups is 1. The van der Waals surface area contributed by atoms with Crippen LogP contribution in [0.2, 0.25) is 0 Å². The van der Waals surface area contributed by atoms with Crippen molar-refractivity contribution in [2.45, 2.75) is 12.5 Å². The third-order valence-electron chi connectivity index (χ3n) is 3.10. The summed E-state index contributed by atoms with van der Waals surface area (Å²) in [7, 11) is 0. The topological polar surface area (TPSA) is 78.9 Å². The van der Waals surface area contributed by atoms with Crippen molar-refractivity contribution >= 4 is 29.4 Å². The van der Waals surface area contributed by atoms with Crippen LogP contribution in [-0.4, -0.2) is 48.3 Å². The predicted octanol–water partition coefficient (Wildman–Crippen LogP) is 1.80. The van der Waals surface area contributed by atoms with Gasteiger partial charge in [-0.05, 0) is 30.6 Å². The molecule has 6 nitrogen and oxygen atoms in total. The van der Waals surface area contributed by atoms with Crippen LogP contribution < -0.4 is 15.0 Å². The highest BCUT2D eigenvalue weighted by Gasteiger charge is 2.33. The number of nitrogens with zero attached hydrogens (tertiary/aromatic N) is 1. The van der Waals surface area contributed by atoms with E-state index >= 15 is 0 Å². The van der Waals surface area contributed by atoms with Crippen LogP contribution in [0.25, 0.3) is 0 Å². The predicted molar refractivity (Wildman–Crippen MR) is 82.2 cm³/mol. The van der Waals surface area contributed by atoms with Crippen molar-refractivity contribution in [3.8, 4) is 5.75 Å². The third-order valence-corrected chi connectivity index (χ3v) is 3.79. The molecule has 1 aliphatic rings. The monoisotopic (exact) mass is 310 g/mol. The lowest BCUT2D eigenvalue weighted by atomic mass is 10.2. The van der Waals surface area contributed by atoms with Crippen LogP contribution in [0.3, 0.4) is 0 Å². The second kappa shape index (κ2) is 7.21. The van der Waals surface area contributed by atoms with E-state index in [1.807, 2.05) is 6.26 Å². The zero-order valence-corrected chi connectivity index (χ0v) is 12.6. The maximum Gasteiger partial charge on any atom is 0.346 e. The first-order chi connectivity index (χ1) is 10.1. The number of hydrogen-bond donors (Lipinski definition) is 2. The molecule has 0 fully saturated rings. The minimum absolute atomic E-state index is 0.000702. The van der Waals surface area contributed by atoms with Crippen LogP contribution in [0.1, 0.15) is 6.42 Å². The van der Waals surface area contributed by atoms with Gasteiger partial charge in [-0.15, -0.1) is 0 Å². The van der Waals surface area contributed by atoms with Crippen molar-refractivity contribution in [3.05, 3.63) is 24.3 Å². The summed E-state index contributed by atoms with van der Waals surface area (Å²) >= 11 is 1.72. The molecule has 7 heteroatoms. The van der Waals surface area contributed by atoms with E-state index in [9.17, 15) is 9.59 Å². The molecule has 114 valence electrons. The number of aliphatic carboxylic acids is 1. The van der Waals surface area contributed by atoms with Gasteiger partial charge in [0.25, 0.3) is 0 Å². The van der Waals surface area contributed by atoms with Crippen LogP contribution >= 0.6 is 11.8 Å². The SMILES string of the molecule is CSCCCNC(=O)N1CC(C(=O)O)Oc2ccccc21. The van der Waals surface area contributed by atoms with Crippen LogP contribution in [0, 0.1) is 0 Å². The molecule has 0 saturated heterocycles. The molecule has 0 bridgehead atoms. The van der Waals surface area contributed by atoms with Gasteiger partial charge in [0.05, 0.1) is 12.2 Å². The molecule has 0 aliphatic carbocycles. The number of fused-ring (bicyclic) bond motifs is 1. The third kappa shape index (κ3) is 3.81. The molecule has 2 N–H and O–H groups in total. The Balaban J connectivity index is 2.09. The van der Waals surface area contributed by atoms with Gasteiger partial charge in [-0.25, -0.2) is 9.59 Å². The molecule has 0 spiro atoms. The van der Waals surface area contributed by atoms with E-state index in [4.69, 9.17) is 9.84 Å². The summed E-state index contributed by atoms with van der Waals surface area (Å²) in [4.78, 5) is 24.8. The standard InChI is InChI=1S/C14H18N2O4S/c1-21-8-4-7-15-14(19)16-9-12(13(17)18)20-11-6-3-2-5-10(11)16/h2-3,5-6,12H,4,7-9H2,1H3,(H,15,19)(H,17,18). The number of hydrogen-bond acceptors (Lipinski definition) is 4. The van der Waals surface area contributed by atoms with Crippen LogP contribution in [-0.2, 0) is 4.79 Å². The number of anilines is 1. The molecule has 1 atom stereocenters. The number of carbonyl (C=O) groups is 2. The summed E-state index contributed by atoms with van der Waals surface area (Å²) < 4.78 is 5.39. The first kappa shape index (κ1) is 15.5. The Morgan fingerprint density at radius 2 is 2.24 bits per heavy atom. The second-order valence-electron chi connectivity index (χ2n) is 4.60. The summed E-state index contributed by atoms with van der Waals surface area (Å²) in [6.07, 6.45) is 1.84. The number of para-hydroxylation sites is 2. The van der Waals surface area contributed by atoms with E-state index < -0.39 is 12.1 Å². The minimum atomic E-state index is -1.08. The molecule has 0 saturated carbocycles. The van der Waals surface area contributed by atoms with Crippen LogP contribution in [0.4, 0.5) is 10.5 Å². The van der Waals surface area contributed by atoms with E-state index in [1.54, 1.807) is 36.0 Å². The first-order valence-corrected chi connectivity index (χ1v) is 8.05. The highest BCUT2D eigenvalue weighted by atomic mass is 32.2. The van der Waals surface area contributed by atoms with E-state index in [2.05, 4.69) is 5.32 Å². The fraction of sp³-hybridized carbons (Fsp3) is 0.429. The zero-order valence-electron chi connectivity index (χ0n) is 11.7. The van der Waals surface area contributed by atoms with Gasteiger partial charge in [-0.1, -0.05) is 12.1 Å². The lowest BCUT2D eigenvalue weighted by molar-refractivity contribution is -0.144. The molecule has 2 rings (SSSR count). The van der Waals surface area contributed by atoms with Crippen molar-refractivity contribution in [1.82, 2.24) is 5.32 Å². The van der Waals surface area contributed by atoms with Crippen molar-refractivity contribution in [2.75, 3.05) is 30.0 Å². The lowest BCUT2D eigenvalue weighted by Gasteiger charge is -2.33. The van der Waals surface area contributed by atoms with E-state index in [0.29, 0.717) is 18.0 Å². The molecule has 0 aromatic heterocycles. The first-order valence-electron chi connectivity index (χ1n) is 6.66. The molecule has 21 heavy (non-hydrogen) atoms. The molecule has 1 aliphatic heterocycles. The quantitative estimate of drug-likeness (QED) is 0.811. The number of rotatable bonds is 5. The zero-order chi connectivity index (χ0) is 15.2. The summed E-state index contributed by atoms with van der Waals surface area (Å²) in [5.41, 5.74) is 0.595. The van der Waals surface area contributed by atoms with E-state index in [0.717, 1.165) is 12.2 Å². The number of ether oxygens (including phenoxy) is 1. The number of benzene rings is 1. The smallest absolute Gasteiger partial charge is 0.346 e. The maximum absolute atomic E-state index is 12.3. The number of carboxylic acids is 1. The average molecular weight is 310 g/mol. The van der Waals surface area contributed by atoms with Gasteiger partial charge in [-0.3, -0.25) is 4.90 Å². The Kier molecular flexibility index (Phi) is 5.32. The summed E-state index contributed by atoms with van der Waals surface area (Å²) in [5, 5.41) is 11.9. The highest BCUT2D eigenvalue weighted by Crippen LogP contribution is 2.33. The van der Waals surface area contributed by atoms with Gasteiger partial charge >= 0.3 is 12.0 Å². The van der Waals surface area contributed by atoms with Crippen molar-refractivity contribution in [3.63, 3.8) is 0 Å². The lowest BCUT2D eigenvalue weighted by Crippen LogP contribution is -2.50. The Morgan fingerprint density at radius 3 is 2.95 bits per heavy atom. The normalized spacial score (nSPS) is 16.8. The Morgan fingerprint density at radius 1 is 1.48 bits per heavy atom. The van der Waals surface area contributed by atoms with Gasteiger partial charge in [0.2, 0.25) is 6.10 Å². The molecule has 1 heterocycles. The minimum Gasteiger partial charge on any atom is -0.478 e. The number of carbonyl (C=O) groups excluding carboxylic acids is 1. The molecule has 1 aromatic carbocycles. The highest BCUT2D eigenvalue weighted by molar-refractivity contribution is 7.98. The van der Waals surface area contributed by atoms with Gasteiger partial charge in [0.15, 0.2) is 0 Å². The molecule has 0 radical (unpaired) electrons. The van der Waals surface area contributed by atoms with Crippen LogP contribution in [0.5, 0.6) is 5.75 Å². The summed E-state index contributed by atoms with van der Waals surface area (Å²) in [6, 6.07) is 6.65. The summed E-state index contributed by atoms with van der Waals surface area (Å²) in [6.45, 7) is 0.567. The fourth-order valence-corrected chi connectivity index (χ4v) is 2.50. The molecule has 1 aromatic rings. The summed E-state index contributed by atoms with van der Waals surface area (Å²) in [5.74, 6) is 0.303. The van der Waals surface area contributed by atoms with Crippen molar-refractivity contribution < 1.29 is 19.4 Å². The van der Waals surface area contributed by atoms with E-state index in [1.165, 1.54) is 4.90 Å². The number of nitrogens with one attached hydrogen (secondary N) is 1. The number of amides is 2. The van der Waals surface area contributed by atoms with Crippen molar-refractivity contribution in [2.24, 2.45) is 0 Å². The van der Waals surface area contributed by atoms with Gasteiger partial charge in [-0.2, -0.15) is 11.8 Å². The maximum atomic E-state index is 12.3. The van der Waals surface area contributed by atoms with Gasteiger partial charge in [0.1, 0.15) is 5.75 Å². The average Bonchev–Trinajstić information content (AvgIpc) is 2.50. The second-order valence-corrected chi connectivity index (χ2v) is 5.59. The fourth-order valence-electron chi connectivity index (χ4n) is 2.06. The van der Waals surface area contributed by atoms with Crippen molar-refractivity contribution in [1.29, 1.82) is 0 Å². The largest absolute Gasteiger partial charge is 0.478 e. The number of urea groups is 1. The van der Waals surface area contributed by atoms with E-state index in [-0.39, 0.29) is 12.6 Å². The Bertz CT molecular complexity index is 523. The Hall–Kier alpha value is -1.89. The molecule has 2 amide bonds. The number of carboxylic acid groups (broad SMARTS) is 1. The van der Waals surface area contributed by atoms with Crippen LogP contribution in [0.15, 0.2) is 24.3 Å². The molecular formula is C14H18N2O4S.